The van der Waals surface area contributed by atoms with Gasteiger partial charge in [0.05, 0.1) is 0 Å². The molecular formula is C14H17NS. The molecule has 0 radical (unpaired) electrons. The van der Waals surface area contributed by atoms with Crippen LogP contribution in [0.3, 0.4) is 0 Å². The van der Waals surface area contributed by atoms with Gasteiger partial charge in [0.25, 0.3) is 0 Å². The van der Waals surface area contributed by atoms with Gasteiger partial charge in [0, 0.05) is 9.58 Å². The summed E-state index contributed by atoms with van der Waals surface area (Å²) in [6.07, 6.45) is 5.08. The molecule has 2 aromatic rings. The maximum atomic E-state index is 5.72. The number of nitrogens with two attached hydrogens (primary N) is 1. The second-order valence-corrected chi connectivity index (χ2v) is 5.69. The Morgan fingerprint density at radius 1 is 1.31 bits per heavy atom. The SMILES string of the molecule is NCCC1CCCc2c1sc1ccccc21. The molecule has 1 unspecified atom stereocenters. The molecule has 2 heteroatoms. The van der Waals surface area contributed by atoms with Crippen molar-refractivity contribution in [3.63, 3.8) is 0 Å². The number of rotatable bonds is 2. The molecule has 1 aliphatic carbocycles. The van der Waals surface area contributed by atoms with Crippen LogP contribution in [0.1, 0.15) is 35.6 Å². The summed E-state index contributed by atoms with van der Waals surface area (Å²) in [6, 6.07) is 8.82. The van der Waals surface area contributed by atoms with Gasteiger partial charge in [-0.15, -0.1) is 11.3 Å². The zero-order valence-electron chi connectivity index (χ0n) is 9.41. The van der Waals surface area contributed by atoms with Gasteiger partial charge in [-0.2, -0.15) is 0 Å². The van der Waals surface area contributed by atoms with Crippen molar-refractivity contribution in [2.45, 2.75) is 31.6 Å². The number of hydrogen-bond acceptors (Lipinski definition) is 2. The lowest BCUT2D eigenvalue weighted by molar-refractivity contribution is 0.537. The Morgan fingerprint density at radius 3 is 3.06 bits per heavy atom. The van der Waals surface area contributed by atoms with Gasteiger partial charge in [0.2, 0.25) is 0 Å². The van der Waals surface area contributed by atoms with Gasteiger partial charge in [-0.25, -0.2) is 0 Å². The average molecular weight is 231 g/mol. The first-order chi connectivity index (χ1) is 7.90. The summed E-state index contributed by atoms with van der Waals surface area (Å²) in [5.74, 6) is 0.728. The minimum atomic E-state index is 0.728. The Kier molecular flexibility index (Phi) is 2.70. The molecule has 2 N–H and O–H groups in total. The standard InChI is InChI=1S/C14H17NS/c15-9-8-10-4-3-6-12-11-5-1-2-7-13(11)16-14(10)12/h1-2,5,7,10H,3-4,6,8-9,15H2. The van der Waals surface area contributed by atoms with Crippen LogP contribution in [0.25, 0.3) is 10.1 Å². The Bertz CT molecular complexity index is 500. The Balaban J connectivity index is 2.13. The minimum absolute atomic E-state index is 0.728. The molecule has 0 saturated carbocycles. The van der Waals surface area contributed by atoms with Crippen LogP contribution in [0.2, 0.25) is 0 Å². The van der Waals surface area contributed by atoms with E-state index in [0.29, 0.717) is 0 Å². The van der Waals surface area contributed by atoms with Crippen LogP contribution >= 0.6 is 11.3 Å². The Labute approximate surface area is 100 Å². The van der Waals surface area contributed by atoms with Gasteiger partial charge in [-0.3, -0.25) is 0 Å². The molecule has 0 saturated heterocycles. The lowest BCUT2D eigenvalue weighted by atomic mass is 9.86. The van der Waals surface area contributed by atoms with Crippen LogP contribution in [0.4, 0.5) is 0 Å². The molecule has 0 spiro atoms. The number of hydrogen-bond donors (Lipinski definition) is 1. The summed E-state index contributed by atoms with van der Waals surface area (Å²) < 4.78 is 1.46. The molecule has 1 aliphatic rings. The fraction of sp³-hybridized carbons (Fsp3) is 0.429. The fourth-order valence-electron chi connectivity index (χ4n) is 2.84. The van der Waals surface area contributed by atoms with E-state index in [9.17, 15) is 0 Å². The highest BCUT2D eigenvalue weighted by Gasteiger charge is 2.23. The van der Waals surface area contributed by atoms with Crippen molar-refractivity contribution in [1.82, 2.24) is 0 Å². The molecule has 3 rings (SSSR count). The summed E-state index contributed by atoms with van der Waals surface area (Å²) in [5.41, 5.74) is 7.33. The van der Waals surface area contributed by atoms with Crippen LogP contribution in [0, 0.1) is 0 Å². The van der Waals surface area contributed by atoms with Crippen molar-refractivity contribution >= 4 is 21.4 Å². The van der Waals surface area contributed by atoms with E-state index in [1.54, 1.807) is 10.4 Å². The number of fused-ring (bicyclic) bond motifs is 3. The molecule has 1 nitrogen and oxygen atoms in total. The highest BCUT2D eigenvalue weighted by Crippen LogP contribution is 2.43. The molecule has 16 heavy (non-hydrogen) atoms. The zero-order chi connectivity index (χ0) is 11.0. The van der Waals surface area contributed by atoms with Crippen molar-refractivity contribution < 1.29 is 0 Å². The molecule has 0 bridgehead atoms. The van der Waals surface area contributed by atoms with Gasteiger partial charge in [0.1, 0.15) is 0 Å². The van der Waals surface area contributed by atoms with Crippen molar-refractivity contribution in [2.24, 2.45) is 5.73 Å². The van der Waals surface area contributed by atoms with Crippen LogP contribution in [0.15, 0.2) is 24.3 Å². The van der Waals surface area contributed by atoms with Gasteiger partial charge >= 0.3 is 0 Å². The summed E-state index contributed by atoms with van der Waals surface area (Å²) in [7, 11) is 0. The van der Waals surface area contributed by atoms with Gasteiger partial charge in [-0.1, -0.05) is 18.2 Å². The maximum absolute atomic E-state index is 5.72. The van der Waals surface area contributed by atoms with Crippen molar-refractivity contribution in [3.05, 3.63) is 34.7 Å². The molecule has 1 heterocycles. The molecular weight excluding hydrogens is 214 g/mol. The first-order valence-electron chi connectivity index (χ1n) is 6.10. The van der Waals surface area contributed by atoms with Crippen LogP contribution in [-0.4, -0.2) is 6.54 Å². The molecule has 1 aromatic heterocycles. The van der Waals surface area contributed by atoms with Gasteiger partial charge < -0.3 is 5.73 Å². The predicted molar refractivity (Wildman–Crippen MR) is 71.2 cm³/mol. The van der Waals surface area contributed by atoms with Crippen molar-refractivity contribution in [1.29, 1.82) is 0 Å². The van der Waals surface area contributed by atoms with E-state index in [-0.39, 0.29) is 0 Å². The van der Waals surface area contributed by atoms with E-state index < -0.39 is 0 Å². The highest BCUT2D eigenvalue weighted by atomic mass is 32.1. The minimum Gasteiger partial charge on any atom is -0.330 e. The van der Waals surface area contributed by atoms with Crippen LogP contribution in [-0.2, 0) is 6.42 Å². The molecule has 1 aromatic carbocycles. The first kappa shape index (κ1) is 10.3. The van der Waals surface area contributed by atoms with E-state index in [0.717, 1.165) is 18.9 Å². The normalized spacial score (nSPS) is 19.9. The van der Waals surface area contributed by atoms with Gasteiger partial charge in [0.15, 0.2) is 0 Å². The predicted octanol–water partition coefficient (Wildman–Crippen LogP) is 3.67. The summed E-state index contributed by atoms with van der Waals surface area (Å²) >= 11 is 1.99. The van der Waals surface area contributed by atoms with Crippen molar-refractivity contribution in [3.8, 4) is 0 Å². The van der Waals surface area contributed by atoms with E-state index in [2.05, 4.69) is 24.3 Å². The second kappa shape index (κ2) is 4.19. The Hall–Kier alpha value is -0.860. The fourth-order valence-corrected chi connectivity index (χ4v) is 4.26. The third-order valence-electron chi connectivity index (χ3n) is 3.59. The van der Waals surface area contributed by atoms with E-state index >= 15 is 0 Å². The summed E-state index contributed by atoms with van der Waals surface area (Å²) in [5, 5.41) is 1.49. The summed E-state index contributed by atoms with van der Waals surface area (Å²) in [6.45, 7) is 0.818. The quantitative estimate of drug-likeness (QED) is 0.838. The number of aryl methyl sites for hydroxylation is 1. The Morgan fingerprint density at radius 2 is 2.19 bits per heavy atom. The largest absolute Gasteiger partial charge is 0.330 e. The highest BCUT2D eigenvalue weighted by molar-refractivity contribution is 7.19. The first-order valence-corrected chi connectivity index (χ1v) is 6.92. The van der Waals surface area contributed by atoms with E-state index in [4.69, 9.17) is 5.73 Å². The molecule has 1 atom stereocenters. The van der Waals surface area contributed by atoms with E-state index in [1.165, 1.54) is 29.3 Å². The topological polar surface area (TPSA) is 26.0 Å². The third-order valence-corrected chi connectivity index (χ3v) is 4.97. The van der Waals surface area contributed by atoms with Gasteiger partial charge in [-0.05, 0) is 55.2 Å². The van der Waals surface area contributed by atoms with Crippen LogP contribution < -0.4 is 5.73 Å². The number of thiophene rings is 1. The second-order valence-electron chi connectivity index (χ2n) is 4.61. The maximum Gasteiger partial charge on any atom is 0.0348 e. The smallest absolute Gasteiger partial charge is 0.0348 e. The summed E-state index contributed by atoms with van der Waals surface area (Å²) in [4.78, 5) is 1.62. The number of benzene rings is 1. The average Bonchev–Trinajstić information content (AvgIpc) is 2.69. The van der Waals surface area contributed by atoms with Crippen molar-refractivity contribution in [2.75, 3.05) is 6.54 Å². The molecule has 84 valence electrons. The van der Waals surface area contributed by atoms with Crippen LogP contribution in [0.5, 0.6) is 0 Å². The monoisotopic (exact) mass is 231 g/mol. The lowest BCUT2D eigenvalue weighted by Gasteiger charge is -2.21. The zero-order valence-corrected chi connectivity index (χ0v) is 10.2. The molecule has 0 fully saturated rings. The third kappa shape index (κ3) is 1.57. The molecule has 0 aliphatic heterocycles. The van der Waals surface area contributed by atoms with E-state index in [1.807, 2.05) is 11.3 Å². The lowest BCUT2D eigenvalue weighted by Crippen LogP contribution is -2.11. The molecule has 0 amide bonds.